The molecule has 0 aromatic carbocycles. The smallest absolute Gasteiger partial charge is 0.668 e. The second kappa shape index (κ2) is 6.07. The van der Waals surface area contributed by atoms with Gasteiger partial charge in [0.2, 0.25) is 0 Å². The van der Waals surface area contributed by atoms with Gasteiger partial charge in [-0.25, -0.2) is 0 Å². The largest absolute Gasteiger partial charge is 1.00 e. The molecule has 0 heterocycles. The first-order chi connectivity index (χ1) is 2.27. The number of aliphatic carboxylic acids is 1. The van der Waals surface area contributed by atoms with E-state index in [9.17, 15) is 4.79 Å². The van der Waals surface area contributed by atoms with E-state index >= 15 is 0 Å². The SMILES string of the molecule is [K+].[NH-]CC(=O)O. The van der Waals surface area contributed by atoms with E-state index < -0.39 is 12.5 Å². The fourth-order valence-corrected chi connectivity index (χ4v) is 0. The van der Waals surface area contributed by atoms with Crippen molar-refractivity contribution in [3.05, 3.63) is 5.73 Å². The van der Waals surface area contributed by atoms with Crippen LogP contribution >= 0.6 is 0 Å². The number of carboxylic acid groups (broad SMARTS) is 1. The van der Waals surface area contributed by atoms with Crippen molar-refractivity contribution < 1.29 is 61.3 Å². The van der Waals surface area contributed by atoms with Crippen LogP contribution in [0.15, 0.2) is 0 Å². The minimum absolute atomic E-state index is 0. The van der Waals surface area contributed by atoms with E-state index in [1.165, 1.54) is 0 Å². The molecule has 0 spiro atoms. The third-order valence-electron chi connectivity index (χ3n) is 0.151. The van der Waals surface area contributed by atoms with Gasteiger partial charge in [-0.1, -0.05) is 6.54 Å². The quantitative estimate of drug-likeness (QED) is 0.371. The molecule has 3 nitrogen and oxygen atoms in total. The first-order valence-corrected chi connectivity index (χ1v) is 1.13. The maximum atomic E-state index is 9.18. The Morgan fingerprint density at radius 3 is 2.00 bits per heavy atom. The van der Waals surface area contributed by atoms with Gasteiger partial charge in [-0.2, -0.15) is 0 Å². The van der Waals surface area contributed by atoms with Crippen LogP contribution in [-0.2, 0) is 4.79 Å². The molecule has 0 radical (unpaired) electrons. The molecule has 0 aliphatic rings. The van der Waals surface area contributed by atoms with E-state index in [0.29, 0.717) is 0 Å². The van der Waals surface area contributed by atoms with Gasteiger partial charge < -0.3 is 10.8 Å². The molecule has 0 saturated carbocycles. The van der Waals surface area contributed by atoms with Crippen LogP contribution in [0.1, 0.15) is 0 Å². The zero-order valence-electron chi connectivity index (χ0n) is 3.56. The zero-order chi connectivity index (χ0) is 4.28. The summed E-state index contributed by atoms with van der Waals surface area (Å²) in [6.07, 6.45) is 0. The van der Waals surface area contributed by atoms with Gasteiger partial charge in [-0.15, -0.1) is 0 Å². The van der Waals surface area contributed by atoms with Gasteiger partial charge in [0, 0.05) is 0 Å². The van der Waals surface area contributed by atoms with E-state index in [1.54, 1.807) is 0 Å². The maximum absolute atomic E-state index is 9.18. The Morgan fingerprint density at radius 1 is 1.83 bits per heavy atom. The molecule has 0 unspecified atom stereocenters. The molecular weight excluding hydrogens is 109 g/mol. The van der Waals surface area contributed by atoms with Crippen molar-refractivity contribution >= 4 is 5.97 Å². The summed E-state index contributed by atoms with van der Waals surface area (Å²) >= 11 is 0. The maximum Gasteiger partial charge on any atom is 1.00 e. The van der Waals surface area contributed by atoms with E-state index in [4.69, 9.17) is 10.8 Å². The Balaban J connectivity index is 0. The van der Waals surface area contributed by atoms with Crippen LogP contribution in [0.5, 0.6) is 0 Å². The summed E-state index contributed by atoms with van der Waals surface area (Å²) in [5.74, 6) is -1.08. The predicted octanol–water partition coefficient (Wildman–Crippen LogP) is -2.87. The van der Waals surface area contributed by atoms with E-state index in [0.717, 1.165) is 0 Å². The monoisotopic (exact) mass is 113 g/mol. The van der Waals surface area contributed by atoms with Gasteiger partial charge in [-0.05, 0) is 0 Å². The predicted molar refractivity (Wildman–Crippen MR) is 16.8 cm³/mol. The Morgan fingerprint density at radius 2 is 2.00 bits per heavy atom. The Bertz CT molecular complexity index is 46.8. The average molecular weight is 113 g/mol. The number of carbonyl (C=O) groups is 1. The summed E-state index contributed by atoms with van der Waals surface area (Å²) in [7, 11) is 0. The summed E-state index contributed by atoms with van der Waals surface area (Å²) in [5.41, 5.74) is 6.06. The van der Waals surface area contributed by atoms with Crippen LogP contribution in [0.25, 0.3) is 5.73 Å². The fraction of sp³-hybridized carbons (Fsp3) is 0.500. The van der Waals surface area contributed by atoms with Crippen LogP contribution in [0.3, 0.4) is 0 Å². The van der Waals surface area contributed by atoms with Crippen molar-refractivity contribution in [3.63, 3.8) is 0 Å². The zero-order valence-corrected chi connectivity index (χ0v) is 6.69. The first kappa shape index (κ1) is 10.1. The van der Waals surface area contributed by atoms with Crippen molar-refractivity contribution in [2.45, 2.75) is 0 Å². The molecule has 0 aliphatic carbocycles. The van der Waals surface area contributed by atoms with Gasteiger partial charge in [-0.3, -0.25) is 4.79 Å². The van der Waals surface area contributed by atoms with Crippen LogP contribution in [0.2, 0.25) is 0 Å². The minimum Gasteiger partial charge on any atom is -0.668 e. The standard InChI is InChI=1S/C2H4NO2.K/c3-1-2(4)5;/h3H,1H2,(H,4,5);/q-1;+1. The van der Waals surface area contributed by atoms with Gasteiger partial charge >= 0.3 is 51.4 Å². The summed E-state index contributed by atoms with van der Waals surface area (Å²) in [6.45, 7) is -0.528. The molecular formula is C2H4KNO2. The molecule has 0 fully saturated rings. The van der Waals surface area contributed by atoms with Gasteiger partial charge in [0.25, 0.3) is 5.97 Å². The van der Waals surface area contributed by atoms with E-state index in [2.05, 4.69) is 0 Å². The summed E-state index contributed by atoms with van der Waals surface area (Å²) < 4.78 is 0. The van der Waals surface area contributed by atoms with Crippen molar-refractivity contribution in [3.8, 4) is 0 Å². The van der Waals surface area contributed by atoms with Crippen LogP contribution < -0.4 is 51.4 Å². The van der Waals surface area contributed by atoms with Crippen molar-refractivity contribution in [1.29, 1.82) is 0 Å². The van der Waals surface area contributed by atoms with Crippen LogP contribution in [0, 0.1) is 0 Å². The third-order valence-corrected chi connectivity index (χ3v) is 0.151. The summed E-state index contributed by atoms with van der Waals surface area (Å²) in [4.78, 5) is 9.18. The number of hydrogen-bond acceptors (Lipinski definition) is 1. The molecule has 0 amide bonds. The molecule has 2 N–H and O–H groups in total. The molecule has 4 heteroatoms. The molecule has 30 valence electrons. The molecule has 0 aromatic rings. The van der Waals surface area contributed by atoms with Gasteiger partial charge in [0.05, 0.1) is 0 Å². The van der Waals surface area contributed by atoms with Crippen LogP contribution in [0.4, 0.5) is 0 Å². The Hall–Kier alpha value is 1.07. The first-order valence-electron chi connectivity index (χ1n) is 1.13. The molecule has 0 aromatic heterocycles. The molecule has 0 atom stereocenters. The molecule has 6 heavy (non-hydrogen) atoms. The third kappa shape index (κ3) is 8.91. The number of nitrogens with one attached hydrogen (secondary N) is 1. The Kier molecular flexibility index (Phi) is 10.2. The average Bonchev–Trinajstić information content (AvgIpc) is 1.38. The second-order valence-corrected chi connectivity index (χ2v) is 0.571. The normalized spacial score (nSPS) is 6.17. The van der Waals surface area contributed by atoms with Crippen molar-refractivity contribution in [1.82, 2.24) is 0 Å². The summed E-state index contributed by atoms with van der Waals surface area (Å²) in [5, 5.41) is 7.53. The van der Waals surface area contributed by atoms with Gasteiger partial charge in [0.15, 0.2) is 0 Å². The summed E-state index contributed by atoms with van der Waals surface area (Å²) in [6, 6.07) is 0. The second-order valence-electron chi connectivity index (χ2n) is 0.571. The fourth-order valence-electron chi connectivity index (χ4n) is 0. The van der Waals surface area contributed by atoms with Crippen molar-refractivity contribution in [2.75, 3.05) is 6.54 Å². The molecule has 0 rings (SSSR count). The van der Waals surface area contributed by atoms with Gasteiger partial charge in [0.1, 0.15) is 0 Å². The number of rotatable bonds is 1. The minimum atomic E-state index is -1.08. The molecule has 0 aliphatic heterocycles. The molecule has 0 bridgehead atoms. The number of carboxylic acids is 1. The number of hydrogen-bond donors (Lipinski definition) is 1. The molecule has 0 saturated heterocycles. The van der Waals surface area contributed by atoms with E-state index in [1.807, 2.05) is 0 Å². The Labute approximate surface area is 78.3 Å². The van der Waals surface area contributed by atoms with Crippen molar-refractivity contribution in [2.24, 2.45) is 0 Å². The van der Waals surface area contributed by atoms with E-state index in [-0.39, 0.29) is 51.4 Å². The van der Waals surface area contributed by atoms with Crippen LogP contribution in [-0.4, -0.2) is 17.6 Å². The topological polar surface area (TPSA) is 61.1 Å².